The second-order valence-electron chi connectivity index (χ2n) is 4.69. The number of carbonyl (C=O) groups excluding carboxylic acids is 1. The van der Waals surface area contributed by atoms with E-state index in [0.717, 1.165) is 29.1 Å². The summed E-state index contributed by atoms with van der Waals surface area (Å²) in [6, 6.07) is 7.91. The van der Waals surface area contributed by atoms with E-state index in [-0.39, 0.29) is 10.0 Å². The third-order valence-corrected chi connectivity index (χ3v) is 4.42. The van der Waals surface area contributed by atoms with E-state index in [1.54, 1.807) is 12.5 Å². The first-order valence-electron chi connectivity index (χ1n) is 6.72. The van der Waals surface area contributed by atoms with Gasteiger partial charge in [0, 0.05) is 24.6 Å². The van der Waals surface area contributed by atoms with Gasteiger partial charge in [0.25, 0.3) is 0 Å². The molecule has 1 N–H and O–H groups in total. The minimum absolute atomic E-state index is 0.140. The van der Waals surface area contributed by atoms with E-state index in [2.05, 4.69) is 20.0 Å². The van der Waals surface area contributed by atoms with Crippen LogP contribution in [-0.4, -0.2) is 27.6 Å². The number of hydrogen-bond acceptors (Lipinski definition) is 6. The standard InChI is InChI=1S/C15H13ClN4O2S/c1-22-14(21)12-13(16)19-15(23-12)18-11-4-2-10(3-5-11)8-20-7-6-17-9-20/h2-7,9H,8H2,1H3,(H,18,19). The highest BCUT2D eigenvalue weighted by molar-refractivity contribution is 7.18. The van der Waals surface area contributed by atoms with Crippen molar-refractivity contribution in [3.63, 3.8) is 0 Å². The van der Waals surface area contributed by atoms with Gasteiger partial charge in [0.05, 0.1) is 13.4 Å². The third kappa shape index (κ3) is 3.69. The fraction of sp³-hybridized carbons (Fsp3) is 0.133. The number of thiazole rings is 1. The molecule has 2 heterocycles. The van der Waals surface area contributed by atoms with Crippen molar-refractivity contribution in [1.29, 1.82) is 0 Å². The molecular weight excluding hydrogens is 336 g/mol. The Morgan fingerprint density at radius 1 is 1.39 bits per heavy atom. The Morgan fingerprint density at radius 3 is 2.83 bits per heavy atom. The Hall–Kier alpha value is -2.38. The molecular formula is C15H13ClN4O2S. The van der Waals surface area contributed by atoms with Gasteiger partial charge >= 0.3 is 5.97 Å². The number of ether oxygens (including phenoxy) is 1. The number of imidazole rings is 1. The first-order valence-corrected chi connectivity index (χ1v) is 7.91. The van der Waals surface area contributed by atoms with Crippen LogP contribution in [0.3, 0.4) is 0 Å². The number of halogens is 1. The van der Waals surface area contributed by atoms with E-state index in [1.165, 1.54) is 7.11 Å². The van der Waals surface area contributed by atoms with Crippen molar-refractivity contribution in [2.24, 2.45) is 0 Å². The van der Waals surface area contributed by atoms with Gasteiger partial charge in [-0.05, 0) is 17.7 Å². The minimum Gasteiger partial charge on any atom is -0.465 e. The zero-order chi connectivity index (χ0) is 16.2. The Kier molecular flexibility index (Phi) is 4.59. The first kappa shape index (κ1) is 15.5. The lowest BCUT2D eigenvalue weighted by atomic mass is 10.2. The molecule has 0 spiro atoms. The lowest BCUT2D eigenvalue weighted by molar-refractivity contribution is 0.0606. The molecule has 0 fully saturated rings. The Morgan fingerprint density at radius 2 is 2.17 bits per heavy atom. The van der Waals surface area contributed by atoms with Gasteiger partial charge in [0.15, 0.2) is 15.2 Å². The highest BCUT2D eigenvalue weighted by Gasteiger charge is 2.17. The summed E-state index contributed by atoms with van der Waals surface area (Å²) in [5.74, 6) is -0.490. The van der Waals surface area contributed by atoms with E-state index in [4.69, 9.17) is 11.6 Å². The van der Waals surface area contributed by atoms with Crippen LogP contribution in [0.5, 0.6) is 0 Å². The van der Waals surface area contributed by atoms with Crippen LogP contribution in [-0.2, 0) is 11.3 Å². The minimum atomic E-state index is -0.490. The molecule has 1 aromatic carbocycles. The smallest absolute Gasteiger partial charge is 0.351 e. The second-order valence-corrected chi connectivity index (χ2v) is 6.04. The number of esters is 1. The number of anilines is 2. The molecule has 0 amide bonds. The number of rotatable bonds is 5. The summed E-state index contributed by atoms with van der Waals surface area (Å²) in [7, 11) is 1.31. The summed E-state index contributed by atoms with van der Waals surface area (Å²) in [4.78, 5) is 19.9. The van der Waals surface area contributed by atoms with Crippen LogP contribution < -0.4 is 5.32 Å². The lowest BCUT2D eigenvalue weighted by Crippen LogP contribution is -1.98. The number of nitrogens with one attached hydrogen (secondary N) is 1. The maximum Gasteiger partial charge on any atom is 0.351 e. The van der Waals surface area contributed by atoms with Crippen molar-refractivity contribution in [2.45, 2.75) is 6.54 Å². The Labute approximate surface area is 141 Å². The third-order valence-electron chi connectivity index (χ3n) is 3.09. The van der Waals surface area contributed by atoms with E-state index in [0.29, 0.717) is 5.13 Å². The molecule has 23 heavy (non-hydrogen) atoms. The fourth-order valence-electron chi connectivity index (χ4n) is 1.98. The predicted octanol–water partition coefficient (Wildman–Crippen LogP) is 3.57. The summed E-state index contributed by atoms with van der Waals surface area (Å²) in [6.45, 7) is 0.760. The molecule has 0 unspecified atom stereocenters. The molecule has 0 saturated heterocycles. The summed E-state index contributed by atoms with van der Waals surface area (Å²) in [6.07, 6.45) is 5.44. The van der Waals surface area contributed by atoms with Crippen molar-refractivity contribution in [3.05, 3.63) is 58.6 Å². The van der Waals surface area contributed by atoms with Crippen LogP contribution >= 0.6 is 22.9 Å². The molecule has 3 aromatic rings. The molecule has 6 nitrogen and oxygen atoms in total. The van der Waals surface area contributed by atoms with Crippen LogP contribution in [0, 0.1) is 0 Å². The van der Waals surface area contributed by atoms with Gasteiger partial charge in [-0.2, -0.15) is 0 Å². The maximum absolute atomic E-state index is 11.5. The van der Waals surface area contributed by atoms with Crippen LogP contribution in [0.1, 0.15) is 15.2 Å². The van der Waals surface area contributed by atoms with E-state index in [1.807, 2.05) is 35.0 Å². The molecule has 0 saturated carbocycles. The largest absolute Gasteiger partial charge is 0.465 e. The molecule has 0 aliphatic carbocycles. The summed E-state index contributed by atoms with van der Waals surface area (Å²) >= 11 is 7.09. The number of carbonyl (C=O) groups is 1. The summed E-state index contributed by atoms with van der Waals surface area (Å²) in [5, 5.41) is 3.81. The van der Waals surface area contributed by atoms with Gasteiger partial charge in [0.1, 0.15) is 0 Å². The van der Waals surface area contributed by atoms with Gasteiger partial charge < -0.3 is 14.6 Å². The van der Waals surface area contributed by atoms with Gasteiger partial charge in [-0.15, -0.1) is 0 Å². The molecule has 0 atom stereocenters. The van der Waals surface area contributed by atoms with E-state index in [9.17, 15) is 4.79 Å². The second kappa shape index (κ2) is 6.80. The quantitative estimate of drug-likeness (QED) is 0.714. The van der Waals surface area contributed by atoms with Crippen molar-refractivity contribution in [2.75, 3.05) is 12.4 Å². The summed E-state index contributed by atoms with van der Waals surface area (Å²) < 4.78 is 6.65. The van der Waals surface area contributed by atoms with Gasteiger partial charge in [-0.3, -0.25) is 0 Å². The maximum atomic E-state index is 11.5. The molecule has 8 heteroatoms. The average Bonchev–Trinajstić information content (AvgIpc) is 3.18. The van der Waals surface area contributed by atoms with E-state index < -0.39 is 5.97 Å². The van der Waals surface area contributed by atoms with Crippen LogP contribution in [0.25, 0.3) is 0 Å². The zero-order valence-electron chi connectivity index (χ0n) is 12.2. The van der Waals surface area contributed by atoms with Crippen molar-refractivity contribution >= 4 is 39.7 Å². The molecule has 0 aliphatic rings. The fourth-order valence-corrected chi connectivity index (χ4v) is 3.10. The number of nitrogens with zero attached hydrogens (tertiary/aromatic N) is 3. The Bertz CT molecular complexity index is 800. The lowest BCUT2D eigenvalue weighted by Gasteiger charge is -2.05. The SMILES string of the molecule is COC(=O)c1sc(Nc2ccc(Cn3ccnc3)cc2)nc1Cl. The number of hydrogen-bond donors (Lipinski definition) is 1. The molecule has 0 bridgehead atoms. The normalized spacial score (nSPS) is 10.5. The number of aromatic nitrogens is 3. The first-order chi connectivity index (χ1) is 11.2. The zero-order valence-corrected chi connectivity index (χ0v) is 13.8. The van der Waals surface area contributed by atoms with Crippen molar-refractivity contribution in [3.8, 4) is 0 Å². The summed E-state index contributed by atoms with van der Waals surface area (Å²) in [5.41, 5.74) is 2.02. The number of benzene rings is 1. The van der Waals surface area contributed by atoms with Crippen LogP contribution in [0.2, 0.25) is 5.15 Å². The van der Waals surface area contributed by atoms with Gasteiger partial charge in [0.2, 0.25) is 0 Å². The molecule has 2 aromatic heterocycles. The highest BCUT2D eigenvalue weighted by atomic mass is 35.5. The van der Waals surface area contributed by atoms with Gasteiger partial charge in [-0.25, -0.2) is 14.8 Å². The average molecular weight is 349 g/mol. The highest BCUT2D eigenvalue weighted by Crippen LogP contribution is 2.29. The number of methoxy groups -OCH3 is 1. The van der Waals surface area contributed by atoms with Gasteiger partial charge in [-0.1, -0.05) is 35.1 Å². The van der Waals surface area contributed by atoms with E-state index >= 15 is 0 Å². The van der Waals surface area contributed by atoms with Crippen LogP contribution in [0.4, 0.5) is 10.8 Å². The molecule has 0 radical (unpaired) electrons. The van der Waals surface area contributed by atoms with Crippen LogP contribution in [0.15, 0.2) is 43.0 Å². The molecule has 3 rings (SSSR count). The Balaban J connectivity index is 1.70. The molecule has 0 aliphatic heterocycles. The van der Waals surface area contributed by atoms with Crippen molar-refractivity contribution in [1.82, 2.24) is 14.5 Å². The molecule has 118 valence electrons. The predicted molar refractivity (Wildman–Crippen MR) is 89.5 cm³/mol. The topological polar surface area (TPSA) is 69.0 Å². The monoisotopic (exact) mass is 348 g/mol. The van der Waals surface area contributed by atoms with Crippen molar-refractivity contribution < 1.29 is 9.53 Å².